The number of aromatic nitrogens is 2. The Morgan fingerprint density at radius 3 is 2.74 bits per heavy atom. The summed E-state index contributed by atoms with van der Waals surface area (Å²) in [4.78, 5) is 6.88. The van der Waals surface area contributed by atoms with Gasteiger partial charge in [-0.25, -0.2) is 4.98 Å². The van der Waals surface area contributed by atoms with E-state index in [2.05, 4.69) is 26.6 Å². The maximum absolute atomic E-state index is 9.65. The average Bonchev–Trinajstić information content (AvgIpc) is 3.00. The van der Waals surface area contributed by atoms with E-state index in [9.17, 15) is 5.26 Å². The minimum absolute atomic E-state index is 0.531. The lowest BCUT2D eigenvalue weighted by Crippen LogP contribution is -2.36. The molecule has 0 N–H and O–H groups in total. The van der Waals surface area contributed by atoms with E-state index in [1.54, 1.807) is 6.07 Å². The molecule has 7 heteroatoms. The number of hydrogen-bond donors (Lipinski definition) is 0. The van der Waals surface area contributed by atoms with Gasteiger partial charge in [0.15, 0.2) is 0 Å². The van der Waals surface area contributed by atoms with Gasteiger partial charge in [-0.15, -0.1) is 0 Å². The highest BCUT2D eigenvalue weighted by Gasteiger charge is 2.18. The van der Waals surface area contributed by atoms with Crippen molar-refractivity contribution in [2.24, 2.45) is 0 Å². The van der Waals surface area contributed by atoms with Crippen LogP contribution in [0.5, 0.6) is 0 Å². The Labute approximate surface area is 167 Å². The number of anilines is 1. The van der Waals surface area contributed by atoms with Crippen molar-refractivity contribution in [1.29, 1.82) is 5.26 Å². The molecule has 3 aromatic rings. The highest BCUT2D eigenvalue weighted by Crippen LogP contribution is 2.30. The number of halogens is 2. The van der Waals surface area contributed by atoms with Gasteiger partial charge in [-0.2, -0.15) is 5.26 Å². The minimum atomic E-state index is 0.531. The number of rotatable bonds is 3. The third-order valence-electron chi connectivity index (χ3n) is 4.89. The van der Waals surface area contributed by atoms with Crippen molar-refractivity contribution >= 4 is 39.9 Å². The Hall–Kier alpha value is -2.26. The van der Waals surface area contributed by atoms with Gasteiger partial charge in [0.25, 0.3) is 0 Å². The van der Waals surface area contributed by atoms with Gasteiger partial charge in [0.2, 0.25) is 0 Å². The number of imidazole rings is 1. The zero-order valence-corrected chi connectivity index (χ0v) is 16.4. The monoisotopic (exact) mass is 400 g/mol. The van der Waals surface area contributed by atoms with Crippen LogP contribution in [0.1, 0.15) is 17.0 Å². The molecular weight excluding hydrogens is 383 g/mol. The first-order valence-corrected chi connectivity index (χ1v) is 9.50. The van der Waals surface area contributed by atoms with E-state index in [1.807, 2.05) is 25.1 Å². The zero-order chi connectivity index (χ0) is 19.0. The second-order valence-corrected chi connectivity index (χ2v) is 7.32. The first kappa shape index (κ1) is 18.1. The largest absolute Gasteiger partial charge is 0.378 e. The van der Waals surface area contributed by atoms with Gasteiger partial charge in [-0.3, -0.25) is 0 Å². The van der Waals surface area contributed by atoms with Crippen molar-refractivity contribution in [1.82, 2.24) is 9.55 Å². The van der Waals surface area contributed by atoms with Gasteiger partial charge in [0.1, 0.15) is 17.4 Å². The number of morpholine rings is 1. The first-order valence-electron chi connectivity index (χ1n) is 8.75. The molecule has 1 aliphatic heterocycles. The molecule has 0 bridgehead atoms. The van der Waals surface area contributed by atoms with E-state index in [0.29, 0.717) is 40.9 Å². The summed E-state index contributed by atoms with van der Waals surface area (Å²) in [6, 6.07) is 11.9. The third-order valence-corrected chi connectivity index (χ3v) is 5.74. The number of nitrogens with zero attached hydrogens (tertiary/aromatic N) is 4. The third kappa shape index (κ3) is 3.37. The molecule has 2 aromatic carbocycles. The highest BCUT2D eigenvalue weighted by molar-refractivity contribution is 6.42. The van der Waals surface area contributed by atoms with Crippen molar-refractivity contribution in [3.05, 3.63) is 57.3 Å². The van der Waals surface area contributed by atoms with Gasteiger partial charge < -0.3 is 14.2 Å². The maximum atomic E-state index is 9.65. The van der Waals surface area contributed by atoms with Crippen LogP contribution in [-0.2, 0) is 11.3 Å². The van der Waals surface area contributed by atoms with Gasteiger partial charge in [-0.05, 0) is 30.7 Å². The number of fused-ring (bicyclic) bond motifs is 1. The van der Waals surface area contributed by atoms with Gasteiger partial charge >= 0.3 is 0 Å². The molecule has 0 saturated carbocycles. The van der Waals surface area contributed by atoms with Crippen LogP contribution in [0.25, 0.3) is 11.0 Å². The summed E-state index contributed by atoms with van der Waals surface area (Å²) in [5.74, 6) is 0.830. The predicted molar refractivity (Wildman–Crippen MR) is 108 cm³/mol. The predicted octanol–water partition coefficient (Wildman–Crippen LogP) is 4.41. The van der Waals surface area contributed by atoms with Crippen molar-refractivity contribution in [3.63, 3.8) is 0 Å². The highest BCUT2D eigenvalue weighted by atomic mass is 35.5. The van der Waals surface area contributed by atoms with E-state index >= 15 is 0 Å². The molecule has 138 valence electrons. The lowest BCUT2D eigenvalue weighted by atomic mass is 10.1. The minimum Gasteiger partial charge on any atom is -0.378 e. The molecule has 0 unspecified atom stereocenters. The van der Waals surface area contributed by atoms with E-state index in [4.69, 9.17) is 27.9 Å². The van der Waals surface area contributed by atoms with Crippen LogP contribution in [0.3, 0.4) is 0 Å². The molecule has 27 heavy (non-hydrogen) atoms. The molecule has 1 fully saturated rings. The molecule has 1 aliphatic rings. The fourth-order valence-corrected chi connectivity index (χ4v) is 3.83. The summed E-state index contributed by atoms with van der Waals surface area (Å²) in [5.41, 5.74) is 4.14. The standard InChI is InChI=1S/C20H18Cl2N4O/c1-13-24-20-15(11-23)9-16(25-5-7-27-8-6-25)10-18(20)26(13)12-14-3-2-4-17(21)19(14)22/h2-4,9-10H,5-8,12H2,1H3. The van der Waals surface area contributed by atoms with E-state index in [-0.39, 0.29) is 0 Å². The molecule has 0 aliphatic carbocycles. The smallest absolute Gasteiger partial charge is 0.107 e. The molecule has 0 atom stereocenters. The Bertz CT molecular complexity index is 1050. The average molecular weight is 401 g/mol. The Morgan fingerprint density at radius 2 is 2.00 bits per heavy atom. The second-order valence-electron chi connectivity index (χ2n) is 6.53. The van der Waals surface area contributed by atoms with Crippen LogP contribution in [0.15, 0.2) is 30.3 Å². The van der Waals surface area contributed by atoms with Crippen molar-refractivity contribution in [3.8, 4) is 6.07 Å². The van der Waals surface area contributed by atoms with Crippen molar-refractivity contribution in [2.45, 2.75) is 13.5 Å². The summed E-state index contributed by atoms with van der Waals surface area (Å²) in [6.45, 7) is 5.48. The van der Waals surface area contributed by atoms with Gasteiger partial charge in [0.05, 0.1) is 40.9 Å². The van der Waals surface area contributed by atoms with Crippen LogP contribution in [0.2, 0.25) is 10.0 Å². The molecule has 1 aromatic heterocycles. The Kier molecular flexibility index (Phi) is 4.96. The van der Waals surface area contributed by atoms with Crippen molar-refractivity contribution < 1.29 is 4.74 Å². The lowest BCUT2D eigenvalue weighted by Gasteiger charge is -2.29. The van der Waals surface area contributed by atoms with Crippen LogP contribution in [0.4, 0.5) is 5.69 Å². The number of ether oxygens (including phenoxy) is 1. The molecule has 1 saturated heterocycles. The van der Waals surface area contributed by atoms with Crippen LogP contribution in [-0.4, -0.2) is 35.9 Å². The lowest BCUT2D eigenvalue weighted by molar-refractivity contribution is 0.122. The number of benzene rings is 2. The molecule has 0 radical (unpaired) electrons. The van der Waals surface area contributed by atoms with E-state index in [0.717, 1.165) is 35.7 Å². The summed E-state index contributed by atoms with van der Waals surface area (Å²) in [5, 5.41) is 10.7. The number of aryl methyl sites for hydroxylation is 1. The quantitative estimate of drug-likeness (QED) is 0.653. The molecule has 5 nitrogen and oxygen atoms in total. The normalized spacial score (nSPS) is 14.5. The van der Waals surface area contributed by atoms with E-state index in [1.165, 1.54) is 0 Å². The summed E-state index contributed by atoms with van der Waals surface area (Å²) in [6.07, 6.45) is 0. The fraction of sp³-hybridized carbons (Fsp3) is 0.300. The van der Waals surface area contributed by atoms with Crippen LogP contribution >= 0.6 is 23.2 Å². The molecule has 0 amide bonds. The Balaban J connectivity index is 1.84. The second kappa shape index (κ2) is 7.40. The van der Waals surface area contributed by atoms with Crippen LogP contribution in [0, 0.1) is 18.3 Å². The maximum Gasteiger partial charge on any atom is 0.107 e. The molecule has 0 spiro atoms. The van der Waals surface area contributed by atoms with Gasteiger partial charge in [0, 0.05) is 18.8 Å². The summed E-state index contributed by atoms with van der Waals surface area (Å²) >= 11 is 12.6. The molecule has 2 heterocycles. The topological polar surface area (TPSA) is 54.1 Å². The van der Waals surface area contributed by atoms with Crippen molar-refractivity contribution in [2.75, 3.05) is 31.2 Å². The SMILES string of the molecule is Cc1nc2c(C#N)cc(N3CCOCC3)cc2n1Cc1cccc(Cl)c1Cl. The Morgan fingerprint density at radius 1 is 1.22 bits per heavy atom. The number of nitriles is 1. The zero-order valence-electron chi connectivity index (χ0n) is 14.9. The fourth-order valence-electron chi connectivity index (χ4n) is 3.45. The first-order chi connectivity index (χ1) is 13.1. The number of hydrogen-bond acceptors (Lipinski definition) is 4. The van der Waals surface area contributed by atoms with E-state index < -0.39 is 0 Å². The summed E-state index contributed by atoms with van der Waals surface area (Å²) < 4.78 is 7.53. The molecular formula is C20H18Cl2N4O. The summed E-state index contributed by atoms with van der Waals surface area (Å²) in [7, 11) is 0. The van der Waals surface area contributed by atoms with Gasteiger partial charge in [-0.1, -0.05) is 35.3 Å². The molecule has 4 rings (SSSR count). The van der Waals surface area contributed by atoms with Crippen LogP contribution < -0.4 is 4.90 Å².